The predicted molar refractivity (Wildman–Crippen MR) is 70.4 cm³/mol. The summed E-state index contributed by atoms with van der Waals surface area (Å²) in [5.74, 6) is 1.47. The molecule has 2 rings (SSSR count). The van der Waals surface area contributed by atoms with Crippen molar-refractivity contribution in [2.24, 2.45) is 5.92 Å². The molecular formula is C13H19ClN2O. The maximum Gasteiger partial charge on any atom is 0.147 e. The molecule has 0 aromatic carbocycles. The monoisotopic (exact) mass is 254 g/mol. The second-order valence-electron chi connectivity index (χ2n) is 4.95. The lowest BCUT2D eigenvalue weighted by Crippen LogP contribution is -2.34. The van der Waals surface area contributed by atoms with Gasteiger partial charge in [-0.15, -0.1) is 0 Å². The summed E-state index contributed by atoms with van der Waals surface area (Å²) in [6.07, 6.45) is 4.11. The third kappa shape index (κ3) is 2.55. The zero-order valence-electron chi connectivity index (χ0n) is 10.4. The van der Waals surface area contributed by atoms with Crippen molar-refractivity contribution in [2.75, 3.05) is 11.4 Å². The molecule has 3 nitrogen and oxygen atoms in total. The number of halogens is 1. The van der Waals surface area contributed by atoms with E-state index < -0.39 is 0 Å². The fraction of sp³-hybridized carbons (Fsp3) is 0.615. The van der Waals surface area contributed by atoms with Crippen LogP contribution in [0.25, 0.3) is 0 Å². The van der Waals surface area contributed by atoms with Gasteiger partial charge in [0.15, 0.2) is 0 Å². The van der Waals surface area contributed by atoms with Crippen LogP contribution in [0.2, 0.25) is 5.02 Å². The number of hydrogen-bond acceptors (Lipinski definition) is 3. The minimum Gasteiger partial charge on any atom is -0.392 e. The Hall–Kier alpha value is -0.800. The van der Waals surface area contributed by atoms with Gasteiger partial charge in [-0.05, 0) is 30.4 Å². The van der Waals surface area contributed by atoms with Gasteiger partial charge in [0, 0.05) is 18.8 Å². The lowest BCUT2D eigenvalue weighted by atomic mass is 10.0. The SMILES string of the molecule is CC(C)C1CCCN1c1ncc(CO)cc1Cl. The molecule has 1 N–H and O–H groups in total. The van der Waals surface area contributed by atoms with Gasteiger partial charge in [-0.1, -0.05) is 25.4 Å². The number of anilines is 1. The van der Waals surface area contributed by atoms with E-state index in [2.05, 4.69) is 23.7 Å². The molecule has 2 heterocycles. The second kappa shape index (κ2) is 5.23. The zero-order chi connectivity index (χ0) is 12.4. The number of hydrogen-bond donors (Lipinski definition) is 1. The molecule has 1 aliphatic heterocycles. The van der Waals surface area contributed by atoms with Crippen LogP contribution >= 0.6 is 11.6 Å². The van der Waals surface area contributed by atoms with Crippen LogP contribution in [0.1, 0.15) is 32.3 Å². The fourth-order valence-electron chi connectivity index (χ4n) is 2.52. The molecule has 0 aliphatic carbocycles. The minimum atomic E-state index is -0.0133. The van der Waals surface area contributed by atoms with Crippen LogP contribution in [0.3, 0.4) is 0 Å². The third-order valence-electron chi connectivity index (χ3n) is 3.40. The van der Waals surface area contributed by atoms with Crippen molar-refractivity contribution in [1.29, 1.82) is 0 Å². The number of pyridine rings is 1. The molecule has 1 fully saturated rings. The first-order valence-corrected chi connectivity index (χ1v) is 6.53. The van der Waals surface area contributed by atoms with E-state index in [9.17, 15) is 0 Å². The van der Waals surface area contributed by atoms with Gasteiger partial charge in [-0.2, -0.15) is 0 Å². The van der Waals surface area contributed by atoms with Gasteiger partial charge in [0.05, 0.1) is 11.6 Å². The number of aliphatic hydroxyl groups excluding tert-OH is 1. The molecule has 1 unspecified atom stereocenters. The molecule has 1 aromatic heterocycles. The van der Waals surface area contributed by atoms with E-state index in [1.54, 1.807) is 12.3 Å². The highest BCUT2D eigenvalue weighted by Gasteiger charge is 2.29. The van der Waals surface area contributed by atoms with Gasteiger partial charge in [-0.3, -0.25) is 0 Å². The Morgan fingerprint density at radius 1 is 1.59 bits per heavy atom. The molecule has 1 aliphatic rings. The van der Waals surface area contributed by atoms with Crippen LogP contribution in [-0.4, -0.2) is 22.7 Å². The topological polar surface area (TPSA) is 36.4 Å². The number of aliphatic hydroxyl groups is 1. The molecule has 0 bridgehead atoms. The van der Waals surface area contributed by atoms with Gasteiger partial charge < -0.3 is 10.0 Å². The van der Waals surface area contributed by atoms with Crippen molar-refractivity contribution in [3.05, 3.63) is 22.8 Å². The summed E-state index contributed by atoms with van der Waals surface area (Å²) in [4.78, 5) is 6.70. The van der Waals surface area contributed by atoms with Gasteiger partial charge in [-0.25, -0.2) is 4.98 Å². The van der Waals surface area contributed by atoms with Crippen LogP contribution in [0.5, 0.6) is 0 Å². The molecule has 1 aromatic rings. The molecule has 0 saturated carbocycles. The van der Waals surface area contributed by atoms with E-state index in [1.807, 2.05) is 0 Å². The Labute approximate surface area is 107 Å². The van der Waals surface area contributed by atoms with E-state index in [-0.39, 0.29) is 6.61 Å². The van der Waals surface area contributed by atoms with E-state index in [0.29, 0.717) is 17.0 Å². The minimum absolute atomic E-state index is 0.0133. The molecular weight excluding hydrogens is 236 g/mol. The third-order valence-corrected chi connectivity index (χ3v) is 3.68. The molecule has 4 heteroatoms. The van der Waals surface area contributed by atoms with Gasteiger partial charge in [0.25, 0.3) is 0 Å². The lowest BCUT2D eigenvalue weighted by Gasteiger charge is -2.29. The molecule has 94 valence electrons. The van der Waals surface area contributed by atoms with Gasteiger partial charge in [0.2, 0.25) is 0 Å². The number of aromatic nitrogens is 1. The molecule has 1 atom stereocenters. The van der Waals surface area contributed by atoms with Crippen LogP contribution in [-0.2, 0) is 6.61 Å². The highest BCUT2D eigenvalue weighted by molar-refractivity contribution is 6.33. The zero-order valence-corrected chi connectivity index (χ0v) is 11.1. The van der Waals surface area contributed by atoms with Crippen molar-refractivity contribution in [2.45, 2.75) is 39.3 Å². The summed E-state index contributed by atoms with van der Waals surface area (Å²) in [6.45, 7) is 5.48. The van der Waals surface area contributed by atoms with E-state index >= 15 is 0 Å². The molecule has 1 saturated heterocycles. The smallest absolute Gasteiger partial charge is 0.147 e. The largest absolute Gasteiger partial charge is 0.392 e. The Morgan fingerprint density at radius 3 is 2.94 bits per heavy atom. The first kappa shape index (κ1) is 12.7. The van der Waals surface area contributed by atoms with Crippen LogP contribution in [0.4, 0.5) is 5.82 Å². The van der Waals surface area contributed by atoms with E-state index in [0.717, 1.165) is 17.9 Å². The Bertz CT molecular complexity index is 395. The maximum atomic E-state index is 9.05. The average Bonchev–Trinajstić information content (AvgIpc) is 2.77. The summed E-state index contributed by atoms with van der Waals surface area (Å²) >= 11 is 6.24. The molecule has 17 heavy (non-hydrogen) atoms. The summed E-state index contributed by atoms with van der Waals surface area (Å²) in [7, 11) is 0. The maximum absolute atomic E-state index is 9.05. The summed E-state index contributed by atoms with van der Waals surface area (Å²) < 4.78 is 0. The first-order valence-electron chi connectivity index (χ1n) is 6.15. The molecule has 0 spiro atoms. The van der Waals surface area contributed by atoms with Crippen LogP contribution < -0.4 is 4.90 Å². The molecule has 0 radical (unpaired) electrons. The Morgan fingerprint density at radius 2 is 2.35 bits per heavy atom. The summed E-state index contributed by atoms with van der Waals surface area (Å²) in [6, 6.07) is 2.33. The Kier molecular flexibility index (Phi) is 3.89. The normalized spacial score (nSPS) is 20.3. The molecule has 0 amide bonds. The lowest BCUT2D eigenvalue weighted by molar-refractivity contribution is 0.281. The quantitative estimate of drug-likeness (QED) is 0.901. The van der Waals surface area contributed by atoms with Crippen molar-refractivity contribution < 1.29 is 5.11 Å². The van der Waals surface area contributed by atoms with Crippen molar-refractivity contribution >= 4 is 17.4 Å². The predicted octanol–water partition coefficient (Wildman–Crippen LogP) is 2.85. The fourth-order valence-corrected chi connectivity index (χ4v) is 2.81. The number of nitrogens with zero attached hydrogens (tertiary/aromatic N) is 2. The van der Waals surface area contributed by atoms with E-state index in [1.165, 1.54) is 12.8 Å². The summed E-state index contributed by atoms with van der Waals surface area (Å²) in [5, 5.41) is 9.69. The van der Waals surface area contributed by atoms with Crippen LogP contribution in [0.15, 0.2) is 12.3 Å². The van der Waals surface area contributed by atoms with Crippen molar-refractivity contribution in [3.63, 3.8) is 0 Å². The van der Waals surface area contributed by atoms with Gasteiger partial charge >= 0.3 is 0 Å². The Balaban J connectivity index is 2.27. The second-order valence-corrected chi connectivity index (χ2v) is 5.36. The summed E-state index contributed by atoms with van der Waals surface area (Å²) in [5.41, 5.74) is 0.763. The average molecular weight is 255 g/mol. The van der Waals surface area contributed by atoms with E-state index in [4.69, 9.17) is 16.7 Å². The standard InChI is InChI=1S/C13H19ClN2O/c1-9(2)12-4-3-5-16(12)13-11(14)6-10(8-17)7-15-13/h6-7,9,12,17H,3-5,8H2,1-2H3. The van der Waals surface area contributed by atoms with Crippen LogP contribution in [0, 0.1) is 5.92 Å². The highest BCUT2D eigenvalue weighted by atomic mass is 35.5. The van der Waals surface area contributed by atoms with Crippen molar-refractivity contribution in [1.82, 2.24) is 4.98 Å². The van der Waals surface area contributed by atoms with Crippen molar-refractivity contribution in [3.8, 4) is 0 Å². The number of rotatable bonds is 3. The first-order chi connectivity index (χ1) is 8.13. The highest BCUT2D eigenvalue weighted by Crippen LogP contribution is 2.33. The van der Waals surface area contributed by atoms with Gasteiger partial charge in [0.1, 0.15) is 5.82 Å².